The van der Waals surface area contributed by atoms with E-state index in [1.54, 1.807) is 0 Å². The van der Waals surface area contributed by atoms with Gasteiger partial charge in [-0.3, -0.25) is 9.69 Å². The second-order valence-corrected chi connectivity index (χ2v) is 8.29. The number of hydrogen-bond acceptors (Lipinski definition) is 2. The molecule has 0 aliphatic carbocycles. The van der Waals surface area contributed by atoms with Crippen LogP contribution in [0.3, 0.4) is 0 Å². The number of fused-ring (bicyclic) bond motifs is 2. The zero-order valence-electron chi connectivity index (χ0n) is 16.2. The van der Waals surface area contributed by atoms with Crippen molar-refractivity contribution in [3.63, 3.8) is 0 Å². The molecular weight excluding hydrogens is 330 g/mol. The number of benzene rings is 2. The minimum atomic E-state index is 0.169. The van der Waals surface area contributed by atoms with E-state index in [4.69, 9.17) is 0 Å². The monoisotopic (exact) mass is 359 g/mol. The molecule has 0 spiro atoms. The van der Waals surface area contributed by atoms with Crippen LogP contribution in [0.5, 0.6) is 0 Å². The number of hydrogen-bond donors (Lipinski definition) is 0. The summed E-state index contributed by atoms with van der Waals surface area (Å²) in [4.78, 5) is 15.8. The minimum absolute atomic E-state index is 0.169. The van der Waals surface area contributed by atoms with E-state index in [1.807, 2.05) is 31.2 Å². The van der Waals surface area contributed by atoms with Gasteiger partial charge >= 0.3 is 0 Å². The van der Waals surface area contributed by atoms with Crippen molar-refractivity contribution in [2.75, 3.05) is 0 Å². The molecule has 2 heteroatoms. The molecule has 0 N–H and O–H groups in total. The lowest BCUT2D eigenvalue weighted by atomic mass is 9.75. The van der Waals surface area contributed by atoms with Crippen molar-refractivity contribution in [3.05, 3.63) is 77.9 Å². The van der Waals surface area contributed by atoms with Gasteiger partial charge in [0.05, 0.1) is 0 Å². The van der Waals surface area contributed by atoms with Gasteiger partial charge in [0.15, 0.2) is 5.78 Å². The van der Waals surface area contributed by atoms with Crippen LogP contribution >= 0.6 is 0 Å². The molecule has 2 atom stereocenters. The van der Waals surface area contributed by atoms with Crippen LogP contribution in [0.25, 0.3) is 5.57 Å². The summed E-state index contributed by atoms with van der Waals surface area (Å²) >= 11 is 0. The van der Waals surface area contributed by atoms with Crippen LogP contribution in [0.2, 0.25) is 0 Å². The summed E-state index contributed by atoms with van der Waals surface area (Å²) in [5.74, 6) is 0.502. The Morgan fingerprint density at radius 3 is 2.15 bits per heavy atom. The van der Waals surface area contributed by atoms with Crippen molar-refractivity contribution in [2.45, 2.75) is 57.7 Å². The Labute approximate surface area is 162 Å². The minimum Gasteiger partial charge on any atom is -0.294 e. The van der Waals surface area contributed by atoms with Gasteiger partial charge in [-0.2, -0.15) is 0 Å². The summed E-state index contributed by atoms with van der Waals surface area (Å²) in [6.07, 6.45) is 5.76. The number of ketones is 1. The van der Waals surface area contributed by atoms with Gasteiger partial charge in [0.1, 0.15) is 0 Å². The lowest BCUT2D eigenvalue weighted by Crippen LogP contribution is -2.52. The second kappa shape index (κ2) is 7.82. The van der Waals surface area contributed by atoms with Crippen molar-refractivity contribution in [2.24, 2.45) is 5.92 Å². The Morgan fingerprint density at radius 2 is 1.56 bits per heavy atom. The van der Waals surface area contributed by atoms with Gasteiger partial charge in [0.25, 0.3) is 0 Å². The highest BCUT2D eigenvalue weighted by molar-refractivity contribution is 5.98. The van der Waals surface area contributed by atoms with E-state index in [9.17, 15) is 4.79 Å². The fourth-order valence-electron chi connectivity index (χ4n) is 4.90. The van der Waals surface area contributed by atoms with Gasteiger partial charge < -0.3 is 0 Å². The van der Waals surface area contributed by atoms with Gasteiger partial charge in [-0.25, -0.2) is 0 Å². The standard InChI is InChI=1S/C25H29NO/c1-18(2)20-11-13-21(14-12-20)25(27)22-15-23-9-6-10-24(16-22)26(23)17-19-7-4-3-5-8-19/h3-5,7-8,11-14,22-24H,1,6,9-10,15-17H2,2H3. The molecule has 2 aliphatic heterocycles. The van der Waals surface area contributed by atoms with Crippen LogP contribution in [0.4, 0.5) is 0 Å². The third-order valence-electron chi connectivity index (χ3n) is 6.37. The van der Waals surface area contributed by atoms with Gasteiger partial charge in [0.2, 0.25) is 0 Å². The molecule has 4 rings (SSSR count). The summed E-state index contributed by atoms with van der Waals surface area (Å²) < 4.78 is 0. The Kier molecular flexibility index (Phi) is 5.27. The zero-order chi connectivity index (χ0) is 18.8. The van der Waals surface area contributed by atoms with Crippen molar-refractivity contribution < 1.29 is 4.79 Å². The molecule has 2 bridgehead atoms. The Balaban J connectivity index is 1.47. The maximum Gasteiger partial charge on any atom is 0.166 e. The largest absolute Gasteiger partial charge is 0.294 e. The summed E-state index contributed by atoms with van der Waals surface area (Å²) in [7, 11) is 0. The summed E-state index contributed by atoms with van der Waals surface area (Å²) in [6, 6.07) is 19.9. The molecule has 0 saturated carbocycles. The predicted molar refractivity (Wildman–Crippen MR) is 112 cm³/mol. The second-order valence-electron chi connectivity index (χ2n) is 8.29. The molecular formula is C25H29NO. The Hall–Kier alpha value is -2.19. The molecule has 0 amide bonds. The highest BCUT2D eigenvalue weighted by Crippen LogP contribution is 2.39. The smallest absolute Gasteiger partial charge is 0.166 e. The maximum atomic E-state index is 13.1. The van der Waals surface area contributed by atoms with Crippen LogP contribution < -0.4 is 0 Å². The topological polar surface area (TPSA) is 20.3 Å². The van der Waals surface area contributed by atoms with Crippen molar-refractivity contribution in [1.82, 2.24) is 4.90 Å². The van der Waals surface area contributed by atoms with Crippen LogP contribution in [-0.2, 0) is 6.54 Å². The molecule has 0 aromatic heterocycles. The van der Waals surface area contributed by atoms with E-state index in [0.717, 1.165) is 36.1 Å². The number of rotatable bonds is 5. The molecule has 2 heterocycles. The number of nitrogens with zero attached hydrogens (tertiary/aromatic N) is 1. The van der Waals surface area contributed by atoms with Gasteiger partial charge in [-0.15, -0.1) is 0 Å². The highest BCUT2D eigenvalue weighted by atomic mass is 16.1. The summed E-state index contributed by atoms with van der Waals surface area (Å²) in [6.45, 7) is 7.00. The van der Waals surface area contributed by atoms with E-state index >= 15 is 0 Å². The maximum absolute atomic E-state index is 13.1. The molecule has 2 unspecified atom stereocenters. The van der Waals surface area contributed by atoms with Crippen LogP contribution in [0.15, 0.2) is 61.2 Å². The first kappa shape index (κ1) is 18.2. The molecule has 2 fully saturated rings. The fraction of sp³-hybridized carbons (Fsp3) is 0.400. The van der Waals surface area contributed by atoms with Crippen molar-refractivity contribution in [1.29, 1.82) is 0 Å². The Bertz CT molecular complexity index is 794. The lowest BCUT2D eigenvalue weighted by Gasteiger charge is -2.48. The molecule has 140 valence electrons. The summed E-state index contributed by atoms with van der Waals surface area (Å²) in [5.41, 5.74) is 4.40. The number of carbonyl (C=O) groups excluding carboxylic acids is 1. The third-order valence-corrected chi connectivity index (χ3v) is 6.37. The average molecular weight is 360 g/mol. The molecule has 2 saturated heterocycles. The average Bonchev–Trinajstić information content (AvgIpc) is 2.68. The number of allylic oxidation sites excluding steroid dienone is 1. The molecule has 27 heavy (non-hydrogen) atoms. The van der Waals surface area contributed by atoms with E-state index in [1.165, 1.54) is 24.8 Å². The van der Waals surface area contributed by atoms with E-state index < -0.39 is 0 Å². The zero-order valence-corrected chi connectivity index (χ0v) is 16.2. The first-order valence-corrected chi connectivity index (χ1v) is 10.2. The molecule has 2 nitrogen and oxygen atoms in total. The quantitative estimate of drug-likeness (QED) is 0.635. The first-order chi connectivity index (χ1) is 13.1. The molecule has 2 aromatic carbocycles. The van der Waals surface area contributed by atoms with Crippen LogP contribution in [0.1, 0.15) is 60.5 Å². The van der Waals surface area contributed by atoms with Crippen molar-refractivity contribution in [3.8, 4) is 0 Å². The van der Waals surface area contributed by atoms with Crippen LogP contribution in [0, 0.1) is 5.92 Å². The number of carbonyl (C=O) groups is 1. The molecule has 0 radical (unpaired) electrons. The van der Waals surface area contributed by atoms with E-state index in [2.05, 4.69) is 41.8 Å². The van der Waals surface area contributed by atoms with E-state index in [-0.39, 0.29) is 5.92 Å². The predicted octanol–water partition coefficient (Wildman–Crippen LogP) is 5.74. The highest BCUT2D eigenvalue weighted by Gasteiger charge is 2.40. The fourth-order valence-corrected chi connectivity index (χ4v) is 4.90. The van der Waals surface area contributed by atoms with E-state index in [0.29, 0.717) is 17.9 Å². The first-order valence-electron chi connectivity index (χ1n) is 10.2. The van der Waals surface area contributed by atoms with Gasteiger partial charge in [0, 0.05) is 30.1 Å². The number of Topliss-reactive ketones (excluding diaryl/α,β-unsaturated/α-hetero) is 1. The molecule has 2 aliphatic rings. The molecule has 2 aromatic rings. The van der Waals surface area contributed by atoms with Gasteiger partial charge in [-0.05, 0) is 43.7 Å². The van der Waals surface area contributed by atoms with Crippen molar-refractivity contribution >= 4 is 11.4 Å². The lowest BCUT2D eigenvalue weighted by molar-refractivity contribution is 0.00906. The van der Waals surface area contributed by atoms with Gasteiger partial charge in [-0.1, -0.05) is 73.2 Å². The third kappa shape index (κ3) is 3.91. The number of piperidine rings is 2. The SMILES string of the molecule is C=C(C)c1ccc(C(=O)C2CC3CCCC(C2)N3Cc2ccccc2)cc1. The normalized spacial score (nSPS) is 25.1. The Morgan fingerprint density at radius 1 is 0.963 bits per heavy atom. The summed E-state index contributed by atoms with van der Waals surface area (Å²) in [5, 5.41) is 0. The van der Waals surface area contributed by atoms with Crippen LogP contribution in [-0.4, -0.2) is 22.8 Å².